The molecule has 1 aliphatic heterocycles. The third kappa shape index (κ3) is 6.41. The molecule has 2 unspecified atom stereocenters. The molecule has 9 heteroatoms. The molecule has 7 nitrogen and oxygen atoms in total. The first kappa shape index (κ1) is 30.6. The summed E-state index contributed by atoms with van der Waals surface area (Å²) in [6, 6.07) is 11.3. The molecule has 3 aliphatic rings. The van der Waals surface area contributed by atoms with E-state index in [1.165, 1.54) is 11.1 Å². The van der Waals surface area contributed by atoms with Gasteiger partial charge in [-0.3, -0.25) is 4.79 Å². The maximum atomic E-state index is 13.2. The predicted molar refractivity (Wildman–Crippen MR) is 168 cm³/mol. The van der Waals surface area contributed by atoms with E-state index in [0.29, 0.717) is 31.9 Å². The molecule has 0 aromatic heterocycles. The number of ether oxygens (including phenoxy) is 1. The zero-order valence-corrected chi connectivity index (χ0v) is 25.8. The van der Waals surface area contributed by atoms with Gasteiger partial charge in [0.2, 0.25) is 10.0 Å². The number of hydrogen-bond donors (Lipinski definition) is 2. The molecule has 1 fully saturated rings. The largest absolute Gasteiger partial charge is 0.490 e. The van der Waals surface area contributed by atoms with Crippen molar-refractivity contribution in [3.8, 4) is 5.75 Å². The highest BCUT2D eigenvalue weighted by atomic mass is 35.5. The van der Waals surface area contributed by atoms with Gasteiger partial charge in [-0.25, -0.2) is 13.1 Å². The highest BCUT2D eigenvalue weighted by molar-refractivity contribution is 7.90. The third-order valence-electron chi connectivity index (χ3n) is 9.27. The second-order valence-electron chi connectivity index (χ2n) is 12.3. The van der Waals surface area contributed by atoms with Crippen LogP contribution in [-0.4, -0.2) is 51.0 Å². The lowest BCUT2D eigenvalue weighted by atomic mass is 9.68. The molecular formula is C33H41ClN2O5S. The Labute approximate surface area is 254 Å². The number of nitrogens with one attached hydrogen (secondary N) is 1. The van der Waals surface area contributed by atoms with Crippen LogP contribution in [0.3, 0.4) is 0 Å². The summed E-state index contributed by atoms with van der Waals surface area (Å²) in [6.45, 7) is 11.0. The van der Waals surface area contributed by atoms with Crippen molar-refractivity contribution >= 4 is 33.2 Å². The Morgan fingerprint density at radius 1 is 1.26 bits per heavy atom. The summed E-state index contributed by atoms with van der Waals surface area (Å²) in [4.78, 5) is 15.5. The number of aliphatic hydroxyl groups excluding tert-OH is 1. The number of anilines is 1. The minimum atomic E-state index is -3.84. The SMILES string of the molecule is C=CCC(O)[C@@H]1CC[C@H]1CN1C[C@@]2(CCCc3cc(Cl)ccc32)COc2ccc(C(=O)NS(=O)(=O)CC(C)C=C)cc21. The molecular weight excluding hydrogens is 572 g/mol. The number of nitrogens with zero attached hydrogens (tertiary/aromatic N) is 1. The summed E-state index contributed by atoms with van der Waals surface area (Å²) in [6.07, 6.45) is 8.34. The fourth-order valence-electron chi connectivity index (χ4n) is 6.87. The number of amides is 1. The summed E-state index contributed by atoms with van der Waals surface area (Å²) in [5.74, 6) is -0.0713. The Morgan fingerprint density at radius 2 is 2.07 bits per heavy atom. The Hall–Kier alpha value is -2.81. The van der Waals surface area contributed by atoms with Crippen LogP contribution in [0.2, 0.25) is 5.02 Å². The highest BCUT2D eigenvalue weighted by Gasteiger charge is 2.44. The van der Waals surface area contributed by atoms with Crippen molar-refractivity contribution < 1.29 is 23.1 Å². The zero-order valence-electron chi connectivity index (χ0n) is 24.2. The number of aliphatic hydroxyl groups is 1. The number of allylic oxidation sites excluding steroid dienone is 1. The van der Waals surface area contributed by atoms with Gasteiger partial charge in [-0.1, -0.05) is 36.7 Å². The number of carbonyl (C=O) groups is 1. The molecule has 1 spiro atoms. The predicted octanol–water partition coefficient (Wildman–Crippen LogP) is 5.66. The van der Waals surface area contributed by atoms with Crippen molar-refractivity contribution in [2.24, 2.45) is 17.8 Å². The average Bonchev–Trinajstić information content (AvgIpc) is 3.07. The van der Waals surface area contributed by atoms with Crippen molar-refractivity contribution in [1.29, 1.82) is 0 Å². The van der Waals surface area contributed by atoms with Crippen LogP contribution >= 0.6 is 11.6 Å². The average molecular weight is 613 g/mol. The smallest absolute Gasteiger partial charge is 0.264 e. The Balaban J connectivity index is 1.49. The molecule has 42 heavy (non-hydrogen) atoms. The molecule has 1 amide bonds. The fraction of sp³-hybridized carbons (Fsp3) is 0.485. The minimum absolute atomic E-state index is 0.174. The number of halogens is 1. The number of rotatable bonds is 10. The second-order valence-corrected chi connectivity index (χ2v) is 14.5. The van der Waals surface area contributed by atoms with Crippen molar-refractivity contribution in [2.45, 2.75) is 57.0 Å². The van der Waals surface area contributed by atoms with E-state index in [1.807, 2.05) is 6.07 Å². The molecule has 1 saturated carbocycles. The van der Waals surface area contributed by atoms with E-state index >= 15 is 0 Å². The topological polar surface area (TPSA) is 95.9 Å². The second kappa shape index (κ2) is 12.4. The molecule has 2 aromatic carbocycles. The number of aryl methyl sites for hydroxylation is 1. The van der Waals surface area contributed by atoms with Gasteiger partial charge in [0.05, 0.1) is 24.2 Å². The molecule has 5 atom stereocenters. The van der Waals surface area contributed by atoms with E-state index in [1.54, 1.807) is 37.3 Å². The van der Waals surface area contributed by atoms with Crippen LogP contribution in [-0.2, 0) is 21.9 Å². The molecule has 0 saturated heterocycles. The van der Waals surface area contributed by atoms with Gasteiger partial charge in [0.25, 0.3) is 5.91 Å². The van der Waals surface area contributed by atoms with Crippen LogP contribution in [0, 0.1) is 17.8 Å². The summed E-state index contributed by atoms with van der Waals surface area (Å²) in [7, 11) is -3.84. The minimum Gasteiger partial charge on any atom is -0.490 e. The van der Waals surface area contributed by atoms with E-state index in [9.17, 15) is 18.3 Å². The number of hydrogen-bond acceptors (Lipinski definition) is 6. The van der Waals surface area contributed by atoms with Gasteiger partial charge in [-0.15, -0.1) is 13.2 Å². The van der Waals surface area contributed by atoms with Gasteiger partial charge in [0.15, 0.2) is 0 Å². The van der Waals surface area contributed by atoms with Gasteiger partial charge in [0.1, 0.15) is 5.75 Å². The molecule has 0 radical (unpaired) electrons. The summed E-state index contributed by atoms with van der Waals surface area (Å²) >= 11 is 6.38. The quantitative estimate of drug-likeness (QED) is 0.336. The van der Waals surface area contributed by atoms with E-state index < -0.39 is 22.0 Å². The van der Waals surface area contributed by atoms with Crippen molar-refractivity contribution in [1.82, 2.24) is 4.72 Å². The van der Waals surface area contributed by atoms with Gasteiger partial charge < -0.3 is 14.7 Å². The van der Waals surface area contributed by atoms with E-state index in [2.05, 4.69) is 34.9 Å². The molecule has 2 N–H and O–H groups in total. The van der Waals surface area contributed by atoms with Crippen LogP contribution in [0.4, 0.5) is 5.69 Å². The van der Waals surface area contributed by atoms with Crippen molar-refractivity contribution in [3.05, 3.63) is 83.4 Å². The zero-order chi connectivity index (χ0) is 30.1. The van der Waals surface area contributed by atoms with Crippen LogP contribution < -0.4 is 14.4 Å². The van der Waals surface area contributed by atoms with Gasteiger partial charge in [0, 0.05) is 29.1 Å². The Kier molecular flexibility index (Phi) is 9.07. The normalized spacial score (nSPS) is 24.7. The van der Waals surface area contributed by atoms with Crippen LogP contribution in [0.1, 0.15) is 60.5 Å². The third-order valence-corrected chi connectivity index (χ3v) is 11.0. The first-order valence-electron chi connectivity index (χ1n) is 14.8. The summed E-state index contributed by atoms with van der Waals surface area (Å²) in [5.41, 5.74) is 3.23. The summed E-state index contributed by atoms with van der Waals surface area (Å²) in [5, 5.41) is 11.5. The highest BCUT2D eigenvalue weighted by Crippen LogP contribution is 2.46. The number of carbonyl (C=O) groups excluding carboxylic acids is 1. The first-order valence-corrected chi connectivity index (χ1v) is 16.8. The number of sulfonamides is 1. The number of benzene rings is 2. The van der Waals surface area contributed by atoms with E-state index in [0.717, 1.165) is 42.8 Å². The van der Waals surface area contributed by atoms with Crippen molar-refractivity contribution in [2.75, 3.05) is 30.3 Å². The lowest BCUT2D eigenvalue weighted by Crippen LogP contribution is -2.49. The molecule has 0 bridgehead atoms. The van der Waals surface area contributed by atoms with Crippen LogP contribution in [0.15, 0.2) is 61.7 Å². The lowest BCUT2D eigenvalue weighted by Gasteiger charge is -2.45. The number of fused-ring (bicyclic) bond motifs is 3. The van der Waals surface area contributed by atoms with E-state index in [4.69, 9.17) is 16.3 Å². The molecule has 1 heterocycles. The van der Waals surface area contributed by atoms with Crippen LogP contribution in [0.5, 0.6) is 5.75 Å². The van der Waals surface area contributed by atoms with Gasteiger partial charge in [-0.2, -0.15) is 0 Å². The molecule has 226 valence electrons. The standard InChI is InChI=1S/C33H41ClN2O5S/c1-4-7-30(37)27-12-9-25(27)18-36-20-33(15-6-8-23-16-26(34)11-13-28(23)33)21-41-31-14-10-24(17-29(31)36)32(38)35-42(39,40)19-22(3)5-2/h4-5,10-11,13-14,16-17,22,25,27,30,37H,1-2,6-9,12,15,18-21H2,3H3,(H,35,38)/t22?,25-,27+,30?,33-/m0/s1. The van der Waals surface area contributed by atoms with Gasteiger partial charge in [-0.05, 0) is 97.7 Å². The lowest BCUT2D eigenvalue weighted by molar-refractivity contribution is 0.0178. The van der Waals surface area contributed by atoms with E-state index in [-0.39, 0.29) is 34.5 Å². The Morgan fingerprint density at radius 3 is 2.79 bits per heavy atom. The maximum Gasteiger partial charge on any atom is 0.264 e. The molecule has 5 rings (SSSR count). The van der Waals surface area contributed by atoms with Gasteiger partial charge >= 0.3 is 0 Å². The molecule has 2 aliphatic carbocycles. The first-order chi connectivity index (χ1) is 20.0. The summed E-state index contributed by atoms with van der Waals surface area (Å²) < 4.78 is 34.0. The Bertz CT molecular complexity index is 1460. The van der Waals surface area contributed by atoms with Crippen LogP contribution in [0.25, 0.3) is 0 Å². The molecule has 2 aromatic rings. The van der Waals surface area contributed by atoms with Crippen molar-refractivity contribution in [3.63, 3.8) is 0 Å². The monoisotopic (exact) mass is 612 g/mol. The maximum absolute atomic E-state index is 13.2. The fourth-order valence-corrected chi connectivity index (χ4v) is 8.37.